The van der Waals surface area contributed by atoms with Gasteiger partial charge < -0.3 is 14.7 Å². The van der Waals surface area contributed by atoms with Crippen LogP contribution in [-0.4, -0.2) is 29.2 Å². The van der Waals surface area contributed by atoms with Crippen LogP contribution in [0.15, 0.2) is 33.3 Å². The van der Waals surface area contributed by atoms with Crippen molar-refractivity contribution < 1.29 is 9.32 Å². The number of carbonyl (C=O) groups is 1. The van der Waals surface area contributed by atoms with Crippen molar-refractivity contribution in [2.75, 3.05) is 7.05 Å². The van der Waals surface area contributed by atoms with Crippen molar-refractivity contribution >= 4 is 22.0 Å². The fraction of sp³-hybridized carbons (Fsp3) is 0.444. The first-order chi connectivity index (χ1) is 11.4. The molecule has 1 aromatic carbocycles. The summed E-state index contributed by atoms with van der Waals surface area (Å²) in [6.45, 7) is 6.27. The van der Waals surface area contributed by atoms with Gasteiger partial charge in [-0.3, -0.25) is 0 Å². The first-order valence-electron chi connectivity index (χ1n) is 8.04. The van der Waals surface area contributed by atoms with E-state index < -0.39 is 0 Å². The summed E-state index contributed by atoms with van der Waals surface area (Å²) in [5.41, 5.74) is 3.06. The summed E-state index contributed by atoms with van der Waals surface area (Å²) in [6.07, 6.45) is 1.83. The van der Waals surface area contributed by atoms with Crippen molar-refractivity contribution in [2.45, 2.75) is 46.2 Å². The van der Waals surface area contributed by atoms with E-state index in [1.54, 1.807) is 11.9 Å². The first-order valence-corrected chi connectivity index (χ1v) is 8.84. The molecule has 2 amide bonds. The van der Waals surface area contributed by atoms with E-state index >= 15 is 0 Å². The number of hydrogen-bond acceptors (Lipinski definition) is 3. The van der Waals surface area contributed by atoms with Crippen molar-refractivity contribution in [1.29, 1.82) is 0 Å². The second kappa shape index (κ2) is 8.33. The Morgan fingerprint density at radius 1 is 1.33 bits per heavy atom. The topological polar surface area (TPSA) is 58.4 Å². The third-order valence-corrected chi connectivity index (χ3v) is 4.60. The van der Waals surface area contributed by atoms with Crippen LogP contribution in [0.25, 0.3) is 0 Å². The van der Waals surface area contributed by atoms with Gasteiger partial charge in [0.25, 0.3) is 0 Å². The molecule has 1 atom stereocenters. The number of amides is 2. The summed E-state index contributed by atoms with van der Waals surface area (Å²) in [4.78, 5) is 14.0. The van der Waals surface area contributed by atoms with Crippen molar-refractivity contribution in [2.24, 2.45) is 0 Å². The molecule has 0 aliphatic rings. The van der Waals surface area contributed by atoms with E-state index in [0.29, 0.717) is 6.54 Å². The zero-order valence-corrected chi connectivity index (χ0v) is 16.2. The molecule has 5 nitrogen and oxygen atoms in total. The van der Waals surface area contributed by atoms with Gasteiger partial charge in [0.1, 0.15) is 5.76 Å². The molecular weight excluding hydrogens is 370 g/mol. The smallest absolute Gasteiger partial charge is 0.317 e. The fourth-order valence-corrected chi connectivity index (χ4v) is 2.73. The lowest BCUT2D eigenvalue weighted by molar-refractivity contribution is 0.202. The molecule has 1 N–H and O–H groups in total. The highest BCUT2D eigenvalue weighted by atomic mass is 79.9. The molecule has 1 aromatic heterocycles. The minimum atomic E-state index is -0.0849. The van der Waals surface area contributed by atoms with Gasteiger partial charge in [-0.1, -0.05) is 33.2 Å². The van der Waals surface area contributed by atoms with E-state index in [9.17, 15) is 4.79 Å². The van der Waals surface area contributed by atoms with Crippen molar-refractivity contribution in [3.63, 3.8) is 0 Å². The molecule has 6 heteroatoms. The number of urea groups is 1. The highest BCUT2D eigenvalue weighted by molar-refractivity contribution is 9.10. The van der Waals surface area contributed by atoms with Crippen LogP contribution in [0, 0.1) is 13.8 Å². The van der Waals surface area contributed by atoms with Crippen LogP contribution in [0.5, 0.6) is 0 Å². The molecule has 24 heavy (non-hydrogen) atoms. The molecule has 1 heterocycles. The number of benzene rings is 1. The van der Waals surface area contributed by atoms with Crippen LogP contribution in [0.2, 0.25) is 0 Å². The number of carbonyl (C=O) groups excluding carboxylic acids is 1. The summed E-state index contributed by atoms with van der Waals surface area (Å²) in [6, 6.07) is 8.29. The molecule has 1 unspecified atom stereocenters. The van der Waals surface area contributed by atoms with Gasteiger partial charge in [0.05, 0.1) is 12.2 Å². The second-order valence-electron chi connectivity index (χ2n) is 6.17. The Kier molecular flexibility index (Phi) is 6.43. The zero-order chi connectivity index (χ0) is 17.7. The fourth-order valence-electron chi connectivity index (χ4n) is 2.46. The van der Waals surface area contributed by atoms with Gasteiger partial charge in [-0.15, -0.1) is 0 Å². The maximum absolute atomic E-state index is 12.3. The van der Waals surface area contributed by atoms with E-state index in [2.05, 4.69) is 38.5 Å². The molecular formula is C18H24BrN3O2. The third kappa shape index (κ3) is 5.09. The molecule has 0 saturated carbocycles. The van der Waals surface area contributed by atoms with E-state index in [4.69, 9.17) is 4.52 Å². The lowest BCUT2D eigenvalue weighted by Crippen LogP contribution is -2.41. The lowest BCUT2D eigenvalue weighted by atomic mass is 10.1. The van der Waals surface area contributed by atoms with E-state index in [1.807, 2.05) is 32.9 Å². The minimum Gasteiger partial charge on any atom is -0.361 e. The molecule has 0 saturated heterocycles. The molecule has 130 valence electrons. The Balaban J connectivity index is 1.81. The summed E-state index contributed by atoms with van der Waals surface area (Å²) in [5.74, 6) is 0.760. The number of rotatable bonds is 6. The van der Waals surface area contributed by atoms with Crippen LogP contribution in [0.1, 0.15) is 35.9 Å². The molecule has 0 fully saturated rings. The molecule has 0 radical (unpaired) electrons. The average molecular weight is 394 g/mol. The monoisotopic (exact) mass is 393 g/mol. The number of nitrogens with one attached hydrogen (secondary N) is 1. The Morgan fingerprint density at radius 2 is 2.00 bits per heavy atom. The van der Waals surface area contributed by atoms with Gasteiger partial charge in [0.2, 0.25) is 0 Å². The normalized spacial score (nSPS) is 12.0. The molecule has 0 bridgehead atoms. The number of hydrogen-bond donors (Lipinski definition) is 1. The molecule has 0 aliphatic heterocycles. The van der Waals surface area contributed by atoms with Gasteiger partial charge >= 0.3 is 6.03 Å². The Bertz CT molecular complexity index is 663. The summed E-state index contributed by atoms with van der Waals surface area (Å²) in [7, 11) is 1.78. The Hall–Kier alpha value is -1.82. The lowest BCUT2D eigenvalue weighted by Gasteiger charge is -2.21. The highest BCUT2D eigenvalue weighted by Crippen LogP contribution is 2.15. The SMILES string of the molecule is Cc1noc(C)c1CN(C)C(=O)NC(C)CCc1ccc(Br)cc1. The Morgan fingerprint density at radius 3 is 2.58 bits per heavy atom. The van der Waals surface area contributed by atoms with Crippen molar-refractivity contribution in [3.05, 3.63) is 51.3 Å². The van der Waals surface area contributed by atoms with Gasteiger partial charge in [-0.25, -0.2) is 4.79 Å². The molecule has 0 aliphatic carbocycles. The zero-order valence-electron chi connectivity index (χ0n) is 14.6. The average Bonchev–Trinajstić information content (AvgIpc) is 2.86. The van der Waals surface area contributed by atoms with Crippen molar-refractivity contribution in [3.8, 4) is 0 Å². The maximum Gasteiger partial charge on any atom is 0.317 e. The molecule has 0 spiro atoms. The minimum absolute atomic E-state index is 0.0849. The summed E-state index contributed by atoms with van der Waals surface area (Å²) < 4.78 is 6.22. The van der Waals surface area contributed by atoms with E-state index in [0.717, 1.165) is 34.3 Å². The number of aryl methyl sites for hydroxylation is 3. The second-order valence-corrected chi connectivity index (χ2v) is 7.09. The number of halogens is 1. The van der Waals surface area contributed by atoms with Crippen LogP contribution in [0.4, 0.5) is 4.79 Å². The summed E-state index contributed by atoms with van der Waals surface area (Å²) in [5, 5.41) is 6.96. The largest absolute Gasteiger partial charge is 0.361 e. The van der Waals surface area contributed by atoms with Crippen molar-refractivity contribution in [1.82, 2.24) is 15.4 Å². The van der Waals surface area contributed by atoms with E-state index in [1.165, 1.54) is 5.56 Å². The van der Waals surface area contributed by atoms with Crippen LogP contribution >= 0.6 is 15.9 Å². The predicted molar refractivity (Wildman–Crippen MR) is 97.9 cm³/mol. The third-order valence-electron chi connectivity index (χ3n) is 4.07. The molecule has 2 rings (SSSR count). The van der Waals surface area contributed by atoms with Crippen LogP contribution < -0.4 is 5.32 Å². The standard InChI is InChI=1S/C18H24BrN3O2/c1-12(5-6-15-7-9-16(19)10-8-15)20-18(23)22(4)11-17-13(2)21-24-14(17)3/h7-10,12H,5-6,11H2,1-4H3,(H,20,23). The van der Waals surface area contributed by atoms with Gasteiger partial charge in [0, 0.05) is 23.1 Å². The number of aromatic nitrogens is 1. The first kappa shape index (κ1) is 18.5. The predicted octanol–water partition coefficient (Wildman–Crippen LogP) is 4.22. The quantitative estimate of drug-likeness (QED) is 0.798. The van der Waals surface area contributed by atoms with Crippen LogP contribution in [-0.2, 0) is 13.0 Å². The van der Waals surface area contributed by atoms with Gasteiger partial charge in [-0.2, -0.15) is 0 Å². The summed E-state index contributed by atoms with van der Waals surface area (Å²) >= 11 is 3.43. The maximum atomic E-state index is 12.3. The number of nitrogens with zero attached hydrogens (tertiary/aromatic N) is 2. The van der Waals surface area contributed by atoms with Crippen LogP contribution in [0.3, 0.4) is 0 Å². The highest BCUT2D eigenvalue weighted by Gasteiger charge is 2.16. The van der Waals surface area contributed by atoms with Gasteiger partial charge in [-0.05, 0) is 51.3 Å². The van der Waals surface area contributed by atoms with E-state index in [-0.39, 0.29) is 12.1 Å². The molecule has 2 aromatic rings. The van der Waals surface area contributed by atoms with Gasteiger partial charge in [0.15, 0.2) is 0 Å². The Labute approximate surface area is 151 Å².